The van der Waals surface area contributed by atoms with Crippen LogP contribution in [0.25, 0.3) is 0 Å². The van der Waals surface area contributed by atoms with Gasteiger partial charge in [0.1, 0.15) is 12.4 Å². The van der Waals surface area contributed by atoms with Crippen LogP contribution >= 0.6 is 11.8 Å². The van der Waals surface area contributed by atoms with Gasteiger partial charge in [0, 0.05) is 20.1 Å². The molecular weight excluding hydrogens is 290 g/mol. The second-order valence-electron chi connectivity index (χ2n) is 5.27. The molecule has 2 aromatic heterocycles. The molecule has 0 saturated heterocycles. The number of ether oxygens (including phenoxy) is 1. The highest BCUT2D eigenvalue weighted by atomic mass is 32.2. The van der Waals surface area contributed by atoms with Crippen LogP contribution in [0, 0.1) is 0 Å². The van der Waals surface area contributed by atoms with Crippen molar-refractivity contribution in [3.8, 4) is 0 Å². The SMILES string of the molecule is COCc1noc(C(C)Sc2nnc(C3CCC3)n2C)n1. The van der Waals surface area contributed by atoms with Gasteiger partial charge in [-0.3, -0.25) is 0 Å². The molecule has 1 fully saturated rings. The molecule has 21 heavy (non-hydrogen) atoms. The molecule has 0 radical (unpaired) electrons. The first-order chi connectivity index (χ1) is 10.2. The number of hydrogen-bond donors (Lipinski definition) is 0. The molecule has 7 nitrogen and oxygen atoms in total. The summed E-state index contributed by atoms with van der Waals surface area (Å²) in [7, 11) is 3.63. The molecule has 1 atom stereocenters. The second kappa shape index (κ2) is 6.15. The molecule has 0 N–H and O–H groups in total. The van der Waals surface area contributed by atoms with Gasteiger partial charge < -0.3 is 13.8 Å². The Balaban J connectivity index is 1.68. The van der Waals surface area contributed by atoms with E-state index in [9.17, 15) is 0 Å². The monoisotopic (exact) mass is 309 g/mol. The standard InChI is InChI=1S/C13H19N5O2S/c1-8(12-14-10(7-19-3)17-20-12)21-13-16-15-11(18(13)2)9-5-4-6-9/h8-9H,4-7H2,1-3H3. The largest absolute Gasteiger partial charge is 0.377 e. The van der Waals surface area contributed by atoms with Crippen LogP contribution in [0.5, 0.6) is 0 Å². The van der Waals surface area contributed by atoms with E-state index >= 15 is 0 Å². The zero-order valence-corrected chi connectivity index (χ0v) is 13.3. The second-order valence-corrected chi connectivity index (χ2v) is 6.58. The molecule has 1 aliphatic rings. The van der Waals surface area contributed by atoms with Crippen molar-refractivity contribution in [1.82, 2.24) is 24.9 Å². The summed E-state index contributed by atoms with van der Waals surface area (Å²) in [4.78, 5) is 4.31. The van der Waals surface area contributed by atoms with Crippen LogP contribution < -0.4 is 0 Å². The van der Waals surface area contributed by atoms with E-state index in [4.69, 9.17) is 9.26 Å². The Morgan fingerprint density at radius 1 is 1.43 bits per heavy atom. The normalized spacial score (nSPS) is 16.9. The lowest BCUT2D eigenvalue weighted by Crippen LogP contribution is -2.14. The first kappa shape index (κ1) is 14.5. The molecule has 2 aromatic rings. The third-order valence-electron chi connectivity index (χ3n) is 3.73. The van der Waals surface area contributed by atoms with Crippen LogP contribution in [0.15, 0.2) is 9.68 Å². The Labute approximate surface area is 127 Å². The Hall–Kier alpha value is -1.41. The Kier molecular flexibility index (Phi) is 4.25. The highest BCUT2D eigenvalue weighted by molar-refractivity contribution is 7.99. The number of nitrogens with zero attached hydrogens (tertiary/aromatic N) is 5. The molecule has 1 aliphatic carbocycles. The summed E-state index contributed by atoms with van der Waals surface area (Å²) in [6, 6.07) is 0. The van der Waals surface area contributed by atoms with Crippen molar-refractivity contribution in [2.45, 2.75) is 49.1 Å². The van der Waals surface area contributed by atoms with Gasteiger partial charge in [-0.2, -0.15) is 4.98 Å². The summed E-state index contributed by atoms with van der Waals surface area (Å²) < 4.78 is 12.3. The summed E-state index contributed by atoms with van der Waals surface area (Å²) >= 11 is 1.58. The van der Waals surface area contributed by atoms with Gasteiger partial charge in [0.15, 0.2) is 11.0 Å². The molecule has 0 aliphatic heterocycles. The maximum atomic E-state index is 5.26. The van der Waals surface area contributed by atoms with E-state index in [1.165, 1.54) is 19.3 Å². The minimum Gasteiger partial charge on any atom is -0.377 e. The van der Waals surface area contributed by atoms with E-state index in [-0.39, 0.29) is 5.25 Å². The zero-order valence-electron chi connectivity index (χ0n) is 12.4. The van der Waals surface area contributed by atoms with Crippen LogP contribution in [-0.2, 0) is 18.4 Å². The van der Waals surface area contributed by atoms with Gasteiger partial charge in [-0.05, 0) is 19.8 Å². The number of methoxy groups -OCH3 is 1. The average Bonchev–Trinajstić information content (AvgIpc) is 2.99. The van der Waals surface area contributed by atoms with Crippen molar-refractivity contribution in [1.29, 1.82) is 0 Å². The predicted octanol–water partition coefficient (Wildman–Crippen LogP) is 2.47. The topological polar surface area (TPSA) is 78.9 Å². The molecule has 1 saturated carbocycles. The van der Waals surface area contributed by atoms with Crippen LogP contribution in [0.1, 0.15) is 54.9 Å². The molecule has 8 heteroatoms. The van der Waals surface area contributed by atoms with Crippen LogP contribution in [0.4, 0.5) is 0 Å². The average molecular weight is 309 g/mol. The van der Waals surface area contributed by atoms with Gasteiger partial charge in [-0.15, -0.1) is 10.2 Å². The summed E-state index contributed by atoms with van der Waals surface area (Å²) in [6.45, 7) is 2.38. The molecule has 0 amide bonds. The molecule has 0 spiro atoms. The van der Waals surface area contributed by atoms with Gasteiger partial charge in [-0.1, -0.05) is 23.3 Å². The fourth-order valence-corrected chi connectivity index (χ4v) is 3.13. The summed E-state index contributed by atoms with van der Waals surface area (Å²) in [5.41, 5.74) is 0. The Morgan fingerprint density at radius 2 is 2.24 bits per heavy atom. The van der Waals surface area contributed by atoms with Crippen LogP contribution in [-0.4, -0.2) is 32.0 Å². The highest BCUT2D eigenvalue weighted by Gasteiger charge is 2.26. The lowest BCUT2D eigenvalue weighted by Gasteiger charge is -2.24. The molecule has 0 aromatic carbocycles. The third kappa shape index (κ3) is 2.96. The van der Waals surface area contributed by atoms with Gasteiger partial charge in [0.2, 0.25) is 5.89 Å². The quantitative estimate of drug-likeness (QED) is 0.758. The van der Waals surface area contributed by atoms with Gasteiger partial charge in [0.05, 0.1) is 5.25 Å². The van der Waals surface area contributed by atoms with E-state index in [1.807, 2.05) is 14.0 Å². The van der Waals surface area contributed by atoms with Crippen molar-refractivity contribution in [3.63, 3.8) is 0 Å². The maximum absolute atomic E-state index is 5.26. The van der Waals surface area contributed by atoms with E-state index < -0.39 is 0 Å². The van der Waals surface area contributed by atoms with E-state index in [1.54, 1.807) is 18.9 Å². The first-order valence-electron chi connectivity index (χ1n) is 7.06. The number of thioether (sulfide) groups is 1. The number of hydrogen-bond acceptors (Lipinski definition) is 7. The van der Waals surface area contributed by atoms with Crippen LogP contribution in [0.3, 0.4) is 0 Å². The number of aromatic nitrogens is 5. The Bertz CT molecular complexity index is 607. The summed E-state index contributed by atoms with van der Waals surface area (Å²) in [6.07, 6.45) is 3.73. The molecule has 0 bridgehead atoms. The van der Waals surface area contributed by atoms with Crippen molar-refractivity contribution in [2.24, 2.45) is 7.05 Å². The van der Waals surface area contributed by atoms with E-state index in [0.29, 0.717) is 24.2 Å². The molecular formula is C13H19N5O2S. The van der Waals surface area contributed by atoms with Gasteiger partial charge in [0.25, 0.3) is 0 Å². The predicted molar refractivity (Wildman–Crippen MR) is 76.9 cm³/mol. The van der Waals surface area contributed by atoms with E-state index in [2.05, 4.69) is 24.9 Å². The van der Waals surface area contributed by atoms with Crippen molar-refractivity contribution < 1.29 is 9.26 Å². The van der Waals surface area contributed by atoms with Crippen molar-refractivity contribution in [2.75, 3.05) is 7.11 Å². The minimum absolute atomic E-state index is 0.0280. The van der Waals surface area contributed by atoms with E-state index in [0.717, 1.165) is 11.0 Å². The fourth-order valence-electron chi connectivity index (χ4n) is 2.28. The first-order valence-corrected chi connectivity index (χ1v) is 7.94. The van der Waals surface area contributed by atoms with Gasteiger partial charge in [-0.25, -0.2) is 0 Å². The van der Waals surface area contributed by atoms with Crippen LogP contribution in [0.2, 0.25) is 0 Å². The number of rotatable bonds is 6. The maximum Gasteiger partial charge on any atom is 0.240 e. The Morgan fingerprint density at radius 3 is 2.90 bits per heavy atom. The smallest absolute Gasteiger partial charge is 0.240 e. The molecule has 1 unspecified atom stereocenters. The van der Waals surface area contributed by atoms with Gasteiger partial charge >= 0.3 is 0 Å². The lowest BCUT2D eigenvalue weighted by molar-refractivity contribution is 0.174. The lowest BCUT2D eigenvalue weighted by atomic mass is 9.85. The summed E-state index contributed by atoms with van der Waals surface area (Å²) in [5.74, 6) is 2.80. The minimum atomic E-state index is 0.0280. The van der Waals surface area contributed by atoms with Crippen molar-refractivity contribution in [3.05, 3.63) is 17.5 Å². The highest BCUT2D eigenvalue weighted by Crippen LogP contribution is 2.38. The molecule has 3 rings (SSSR count). The summed E-state index contributed by atoms with van der Waals surface area (Å²) in [5, 5.41) is 13.4. The zero-order chi connectivity index (χ0) is 14.8. The molecule has 2 heterocycles. The van der Waals surface area contributed by atoms with Crippen molar-refractivity contribution >= 4 is 11.8 Å². The fraction of sp³-hybridized carbons (Fsp3) is 0.692. The third-order valence-corrected chi connectivity index (χ3v) is 4.85. The molecule has 114 valence electrons.